The van der Waals surface area contributed by atoms with Crippen molar-refractivity contribution in [2.24, 2.45) is 5.73 Å². The van der Waals surface area contributed by atoms with E-state index < -0.39 is 0 Å². The van der Waals surface area contributed by atoms with E-state index in [9.17, 15) is 4.79 Å². The van der Waals surface area contributed by atoms with E-state index in [1.54, 1.807) is 12.1 Å². The van der Waals surface area contributed by atoms with E-state index in [1.165, 1.54) is 0 Å². The van der Waals surface area contributed by atoms with Crippen molar-refractivity contribution < 1.29 is 4.79 Å². The maximum atomic E-state index is 10.9. The third kappa shape index (κ3) is 2.69. The van der Waals surface area contributed by atoms with Crippen LogP contribution in [0.1, 0.15) is 17.8 Å². The van der Waals surface area contributed by atoms with Gasteiger partial charge in [0.2, 0.25) is 5.91 Å². The lowest BCUT2D eigenvalue weighted by Gasteiger charge is -2.06. The van der Waals surface area contributed by atoms with Crippen molar-refractivity contribution in [2.75, 3.05) is 5.88 Å². The molecular weight excluding hydrogens is 264 g/mol. The molecule has 5 nitrogen and oxygen atoms in total. The molecule has 0 aliphatic rings. The normalized spacial score (nSPS) is 10.5. The van der Waals surface area contributed by atoms with Gasteiger partial charge in [0.15, 0.2) is 0 Å². The zero-order valence-electron chi connectivity index (χ0n) is 10.3. The molecule has 98 valence electrons. The lowest BCUT2D eigenvalue weighted by Crippen LogP contribution is -2.15. The number of alkyl halides is 1. The summed E-state index contributed by atoms with van der Waals surface area (Å²) in [5.74, 6) is 0.839. The highest BCUT2D eigenvalue weighted by molar-refractivity contribution is 6.17. The Balaban J connectivity index is 2.54. The van der Waals surface area contributed by atoms with Crippen LogP contribution in [-0.4, -0.2) is 21.3 Å². The second-order valence-electron chi connectivity index (χ2n) is 4.12. The number of nitrogens with two attached hydrogens (primary N) is 1. The summed E-state index contributed by atoms with van der Waals surface area (Å²) in [6.45, 7) is 0.451. The summed E-state index contributed by atoms with van der Waals surface area (Å²) < 4.78 is 1.91. The van der Waals surface area contributed by atoms with E-state index in [-0.39, 0.29) is 12.3 Å². The van der Waals surface area contributed by atoms with Gasteiger partial charge in [-0.3, -0.25) is 4.79 Å². The van der Waals surface area contributed by atoms with Crippen molar-refractivity contribution in [3.05, 3.63) is 29.6 Å². The smallest absolute Gasteiger partial charge is 0.219 e. The number of hydrogen-bond acceptors (Lipinski definition) is 3. The highest BCUT2D eigenvalue weighted by atomic mass is 35.5. The summed E-state index contributed by atoms with van der Waals surface area (Å²) in [4.78, 5) is 15.4. The Bertz CT molecular complexity index is 656. The number of fused-ring (bicyclic) bond motifs is 1. The molecule has 2 aromatic rings. The third-order valence-corrected chi connectivity index (χ3v) is 3.07. The molecule has 0 bridgehead atoms. The number of benzene rings is 1. The standard InChI is InChI=1S/C13H13ClN4O/c14-6-4-12-17-13-9(8-15)2-1-3-10(13)18(12)7-5-11(16)19/h1-3H,4-7H2,(H2,16,19). The van der Waals surface area contributed by atoms with E-state index in [0.717, 1.165) is 11.3 Å². The number of para-hydroxylation sites is 1. The molecule has 1 heterocycles. The first-order valence-corrected chi connectivity index (χ1v) is 6.43. The molecule has 1 aromatic carbocycles. The Labute approximate surface area is 115 Å². The van der Waals surface area contributed by atoms with Gasteiger partial charge >= 0.3 is 0 Å². The van der Waals surface area contributed by atoms with Crippen LogP contribution in [0.5, 0.6) is 0 Å². The molecule has 0 saturated heterocycles. The number of imidazole rings is 1. The topological polar surface area (TPSA) is 84.7 Å². The average molecular weight is 277 g/mol. The fourth-order valence-electron chi connectivity index (χ4n) is 2.03. The molecule has 0 saturated carbocycles. The van der Waals surface area contributed by atoms with Gasteiger partial charge in [-0.25, -0.2) is 4.98 Å². The van der Waals surface area contributed by atoms with Crippen LogP contribution in [0.3, 0.4) is 0 Å². The van der Waals surface area contributed by atoms with E-state index >= 15 is 0 Å². The SMILES string of the molecule is N#Cc1cccc2c1nc(CCCl)n2CCC(N)=O. The highest BCUT2D eigenvalue weighted by Gasteiger charge is 2.13. The lowest BCUT2D eigenvalue weighted by atomic mass is 10.2. The van der Waals surface area contributed by atoms with Crippen LogP contribution in [0.25, 0.3) is 11.0 Å². The number of aromatic nitrogens is 2. The Hall–Kier alpha value is -2.06. The molecule has 19 heavy (non-hydrogen) atoms. The van der Waals surface area contributed by atoms with Gasteiger partial charge in [0.25, 0.3) is 0 Å². The lowest BCUT2D eigenvalue weighted by molar-refractivity contribution is -0.118. The van der Waals surface area contributed by atoms with Gasteiger partial charge in [-0.05, 0) is 12.1 Å². The van der Waals surface area contributed by atoms with Crippen molar-refractivity contribution in [2.45, 2.75) is 19.4 Å². The molecule has 0 fully saturated rings. The third-order valence-electron chi connectivity index (χ3n) is 2.88. The molecule has 0 spiro atoms. The van der Waals surface area contributed by atoms with Gasteiger partial charge in [0, 0.05) is 25.3 Å². The zero-order chi connectivity index (χ0) is 13.8. The largest absolute Gasteiger partial charge is 0.370 e. The first-order chi connectivity index (χ1) is 9.17. The average Bonchev–Trinajstić information content (AvgIpc) is 2.74. The predicted molar refractivity (Wildman–Crippen MR) is 72.7 cm³/mol. The second kappa shape index (κ2) is 5.72. The number of amides is 1. The molecule has 2 rings (SSSR count). The summed E-state index contributed by atoms with van der Waals surface area (Å²) in [5, 5.41) is 9.08. The number of nitriles is 1. The van der Waals surface area contributed by atoms with Crippen LogP contribution in [0.4, 0.5) is 0 Å². The molecule has 1 amide bonds. The Morgan fingerprint density at radius 1 is 1.53 bits per heavy atom. The molecule has 6 heteroatoms. The Kier molecular flexibility index (Phi) is 4.03. The van der Waals surface area contributed by atoms with Gasteiger partial charge < -0.3 is 10.3 Å². The maximum Gasteiger partial charge on any atom is 0.219 e. The van der Waals surface area contributed by atoms with Crippen molar-refractivity contribution in [1.29, 1.82) is 5.26 Å². The minimum absolute atomic E-state index is 0.234. The molecule has 2 N–H and O–H groups in total. The number of carbonyl (C=O) groups is 1. The number of aryl methyl sites for hydroxylation is 2. The van der Waals surface area contributed by atoms with E-state index in [0.29, 0.717) is 29.9 Å². The number of primary amides is 1. The van der Waals surface area contributed by atoms with Crippen LogP contribution >= 0.6 is 11.6 Å². The van der Waals surface area contributed by atoms with E-state index in [1.807, 2.05) is 10.6 Å². The van der Waals surface area contributed by atoms with Crippen LogP contribution in [0.15, 0.2) is 18.2 Å². The zero-order valence-corrected chi connectivity index (χ0v) is 11.0. The maximum absolute atomic E-state index is 10.9. The number of rotatable bonds is 5. The molecular formula is C13H13ClN4O. The van der Waals surface area contributed by atoms with E-state index in [2.05, 4.69) is 11.1 Å². The van der Waals surface area contributed by atoms with Gasteiger partial charge in [0.1, 0.15) is 17.4 Å². The first kappa shape index (κ1) is 13.4. The summed E-state index contributed by atoms with van der Waals surface area (Å²) in [5.41, 5.74) is 7.18. The molecule has 0 unspecified atom stereocenters. The number of nitrogens with zero attached hydrogens (tertiary/aromatic N) is 3. The Morgan fingerprint density at radius 2 is 2.32 bits per heavy atom. The summed E-state index contributed by atoms with van der Waals surface area (Å²) in [6, 6.07) is 7.51. The Morgan fingerprint density at radius 3 is 2.95 bits per heavy atom. The molecule has 0 aliphatic heterocycles. The van der Waals surface area contributed by atoms with Crippen LogP contribution in [0.2, 0.25) is 0 Å². The summed E-state index contributed by atoms with van der Waals surface area (Å²) in [7, 11) is 0. The number of hydrogen-bond donors (Lipinski definition) is 1. The van der Waals surface area contributed by atoms with Gasteiger partial charge in [-0.15, -0.1) is 11.6 Å². The van der Waals surface area contributed by atoms with Crippen LogP contribution in [0, 0.1) is 11.3 Å². The first-order valence-electron chi connectivity index (χ1n) is 5.90. The van der Waals surface area contributed by atoms with Gasteiger partial charge in [-0.2, -0.15) is 5.26 Å². The fraction of sp³-hybridized carbons (Fsp3) is 0.308. The fourth-order valence-corrected chi connectivity index (χ4v) is 2.20. The minimum Gasteiger partial charge on any atom is -0.370 e. The molecule has 0 radical (unpaired) electrons. The summed E-state index contributed by atoms with van der Waals surface area (Å²) >= 11 is 5.76. The van der Waals surface area contributed by atoms with Crippen LogP contribution < -0.4 is 5.73 Å². The van der Waals surface area contributed by atoms with Gasteiger partial charge in [0.05, 0.1) is 11.1 Å². The van der Waals surface area contributed by atoms with Crippen molar-refractivity contribution in [3.8, 4) is 6.07 Å². The van der Waals surface area contributed by atoms with Crippen LogP contribution in [-0.2, 0) is 17.8 Å². The van der Waals surface area contributed by atoms with Crippen molar-refractivity contribution >= 4 is 28.5 Å². The molecule has 0 atom stereocenters. The minimum atomic E-state index is -0.366. The quantitative estimate of drug-likeness (QED) is 0.841. The molecule has 1 aromatic heterocycles. The van der Waals surface area contributed by atoms with Crippen molar-refractivity contribution in [3.63, 3.8) is 0 Å². The predicted octanol–water partition coefficient (Wildman–Crippen LogP) is 1.56. The van der Waals surface area contributed by atoms with Crippen molar-refractivity contribution in [1.82, 2.24) is 9.55 Å². The van der Waals surface area contributed by atoms with E-state index in [4.69, 9.17) is 22.6 Å². The summed E-state index contributed by atoms with van der Waals surface area (Å²) in [6.07, 6.45) is 0.817. The molecule has 0 aliphatic carbocycles. The highest BCUT2D eigenvalue weighted by Crippen LogP contribution is 2.20. The number of halogens is 1. The second-order valence-corrected chi connectivity index (χ2v) is 4.50. The van der Waals surface area contributed by atoms with Gasteiger partial charge in [-0.1, -0.05) is 6.07 Å². The monoisotopic (exact) mass is 276 g/mol. The number of carbonyl (C=O) groups excluding carboxylic acids is 1.